The highest BCUT2D eigenvalue weighted by Gasteiger charge is 2.37. The molecule has 0 atom stereocenters. The molecule has 2 rings (SSSR count). The predicted octanol–water partition coefficient (Wildman–Crippen LogP) is 1.62. The number of hydrogen-bond acceptors (Lipinski definition) is 2. The minimum Gasteiger partial charge on any atom is -0.357 e. The van der Waals surface area contributed by atoms with Gasteiger partial charge in [-0.3, -0.25) is 9.67 Å². The Balaban J connectivity index is 1.96. The van der Waals surface area contributed by atoms with Gasteiger partial charge in [-0.05, 0) is 25.2 Å². The van der Waals surface area contributed by atoms with Crippen molar-refractivity contribution in [3.8, 4) is 0 Å². The molecule has 0 unspecified atom stereocenters. The summed E-state index contributed by atoms with van der Waals surface area (Å²) in [6, 6.07) is 0. The maximum atomic E-state index is 4.75. The molecule has 0 spiro atoms. The van der Waals surface area contributed by atoms with Crippen LogP contribution in [-0.2, 0) is 13.6 Å². The molecule has 1 aromatic heterocycles. The van der Waals surface area contributed by atoms with E-state index in [4.69, 9.17) is 4.99 Å². The lowest BCUT2D eigenvalue weighted by Gasteiger charge is -2.22. The Morgan fingerprint density at radius 1 is 1.58 bits per heavy atom. The van der Waals surface area contributed by atoms with Crippen molar-refractivity contribution in [1.82, 2.24) is 20.0 Å². The van der Waals surface area contributed by atoms with Crippen LogP contribution in [0.15, 0.2) is 17.4 Å². The monoisotopic (exact) mass is 263 g/mol. The maximum absolute atomic E-state index is 4.75. The molecule has 0 aliphatic heterocycles. The van der Waals surface area contributed by atoms with Crippen LogP contribution in [0.5, 0.6) is 0 Å². The molecule has 1 aliphatic rings. The number of aryl methyl sites for hydroxylation is 1. The Morgan fingerprint density at radius 2 is 2.32 bits per heavy atom. The van der Waals surface area contributed by atoms with Gasteiger partial charge in [0.15, 0.2) is 5.96 Å². The van der Waals surface area contributed by atoms with Gasteiger partial charge >= 0.3 is 0 Å². The number of aromatic nitrogens is 2. The highest BCUT2D eigenvalue weighted by atomic mass is 15.3. The lowest BCUT2D eigenvalue weighted by molar-refractivity contribution is 0.470. The van der Waals surface area contributed by atoms with Gasteiger partial charge in [-0.2, -0.15) is 5.10 Å². The van der Waals surface area contributed by atoms with E-state index in [-0.39, 0.29) is 0 Å². The topological polar surface area (TPSA) is 45.5 Å². The molecule has 0 aromatic carbocycles. The van der Waals surface area contributed by atoms with Gasteiger partial charge in [-0.25, -0.2) is 0 Å². The van der Waals surface area contributed by atoms with Gasteiger partial charge in [-0.1, -0.05) is 6.92 Å². The molecule has 0 bridgehead atoms. The SMILES string of the molecule is CCNC(=NCC1(C)CC1)N(C)Cc1cnn(C)c1. The van der Waals surface area contributed by atoms with E-state index < -0.39 is 0 Å². The van der Waals surface area contributed by atoms with E-state index in [1.807, 2.05) is 24.1 Å². The van der Waals surface area contributed by atoms with Crippen LogP contribution in [0.4, 0.5) is 0 Å². The fourth-order valence-electron chi connectivity index (χ4n) is 2.01. The lowest BCUT2D eigenvalue weighted by atomic mass is 10.1. The van der Waals surface area contributed by atoms with E-state index >= 15 is 0 Å². The summed E-state index contributed by atoms with van der Waals surface area (Å²) in [5, 5.41) is 7.56. The van der Waals surface area contributed by atoms with Crippen LogP contribution in [-0.4, -0.2) is 40.8 Å². The van der Waals surface area contributed by atoms with E-state index in [1.165, 1.54) is 18.4 Å². The highest BCUT2D eigenvalue weighted by Crippen LogP contribution is 2.45. The van der Waals surface area contributed by atoms with Crippen molar-refractivity contribution in [2.24, 2.45) is 17.5 Å². The normalized spacial score (nSPS) is 17.4. The number of guanidine groups is 1. The zero-order valence-electron chi connectivity index (χ0n) is 12.5. The Bertz CT molecular complexity index is 444. The lowest BCUT2D eigenvalue weighted by Crippen LogP contribution is -2.38. The van der Waals surface area contributed by atoms with Gasteiger partial charge in [-0.15, -0.1) is 0 Å². The number of hydrogen-bond donors (Lipinski definition) is 1. The molecule has 0 radical (unpaired) electrons. The molecule has 106 valence electrons. The van der Waals surface area contributed by atoms with Crippen LogP contribution in [0.1, 0.15) is 32.3 Å². The molecular weight excluding hydrogens is 238 g/mol. The average Bonchev–Trinajstić information content (AvgIpc) is 2.96. The van der Waals surface area contributed by atoms with E-state index in [9.17, 15) is 0 Å². The molecule has 1 aromatic rings. The highest BCUT2D eigenvalue weighted by molar-refractivity contribution is 5.79. The Hall–Kier alpha value is -1.52. The Labute approximate surface area is 115 Å². The third kappa shape index (κ3) is 3.98. The summed E-state index contributed by atoms with van der Waals surface area (Å²) in [7, 11) is 4.01. The molecule has 1 heterocycles. The Kier molecular flexibility index (Phi) is 4.12. The molecule has 1 fully saturated rings. The van der Waals surface area contributed by atoms with Crippen LogP contribution in [0.2, 0.25) is 0 Å². The van der Waals surface area contributed by atoms with E-state index in [2.05, 4.69) is 36.2 Å². The second-order valence-corrected chi connectivity index (χ2v) is 5.86. The van der Waals surface area contributed by atoms with Crippen molar-refractivity contribution >= 4 is 5.96 Å². The van der Waals surface area contributed by atoms with Crippen molar-refractivity contribution in [1.29, 1.82) is 0 Å². The minimum absolute atomic E-state index is 0.454. The number of nitrogens with one attached hydrogen (secondary N) is 1. The fraction of sp³-hybridized carbons (Fsp3) is 0.714. The standard InChI is InChI=1S/C14H25N5/c1-5-15-13(16-11-14(2)6-7-14)18(3)9-12-8-17-19(4)10-12/h8,10H,5-7,9,11H2,1-4H3,(H,15,16). The summed E-state index contributed by atoms with van der Waals surface area (Å²) in [4.78, 5) is 6.91. The van der Waals surface area contributed by atoms with Gasteiger partial charge in [0.05, 0.1) is 6.20 Å². The fourth-order valence-corrected chi connectivity index (χ4v) is 2.01. The first-order valence-corrected chi connectivity index (χ1v) is 6.99. The summed E-state index contributed by atoms with van der Waals surface area (Å²) < 4.78 is 1.83. The molecule has 0 saturated heterocycles. The van der Waals surface area contributed by atoms with Gasteiger partial charge in [0, 0.05) is 45.5 Å². The molecule has 1 aliphatic carbocycles. The van der Waals surface area contributed by atoms with E-state index in [1.54, 1.807) is 0 Å². The summed E-state index contributed by atoms with van der Waals surface area (Å²) in [6.07, 6.45) is 6.56. The zero-order chi connectivity index (χ0) is 13.9. The van der Waals surface area contributed by atoms with Gasteiger partial charge in [0.2, 0.25) is 0 Å². The first-order chi connectivity index (χ1) is 9.02. The van der Waals surface area contributed by atoms with Crippen molar-refractivity contribution < 1.29 is 0 Å². The van der Waals surface area contributed by atoms with Gasteiger partial charge < -0.3 is 10.2 Å². The quantitative estimate of drug-likeness (QED) is 0.648. The number of aliphatic imine (C=N–C) groups is 1. The number of nitrogens with zero attached hydrogens (tertiary/aromatic N) is 4. The van der Waals surface area contributed by atoms with Crippen LogP contribution in [0.25, 0.3) is 0 Å². The van der Waals surface area contributed by atoms with Gasteiger partial charge in [0.25, 0.3) is 0 Å². The average molecular weight is 263 g/mol. The third-order valence-corrected chi connectivity index (χ3v) is 3.59. The van der Waals surface area contributed by atoms with Crippen LogP contribution in [0, 0.1) is 5.41 Å². The molecule has 1 saturated carbocycles. The Morgan fingerprint density at radius 3 is 2.84 bits per heavy atom. The maximum Gasteiger partial charge on any atom is 0.193 e. The van der Waals surface area contributed by atoms with Crippen LogP contribution >= 0.6 is 0 Å². The second kappa shape index (κ2) is 5.63. The smallest absolute Gasteiger partial charge is 0.193 e. The molecule has 1 N–H and O–H groups in total. The van der Waals surface area contributed by atoms with E-state index in [0.717, 1.165) is 25.6 Å². The molecular formula is C14H25N5. The molecule has 5 nitrogen and oxygen atoms in total. The summed E-state index contributed by atoms with van der Waals surface area (Å²) in [5.74, 6) is 0.986. The summed E-state index contributed by atoms with van der Waals surface area (Å²) in [5.41, 5.74) is 1.66. The largest absolute Gasteiger partial charge is 0.357 e. The summed E-state index contributed by atoms with van der Waals surface area (Å²) >= 11 is 0. The van der Waals surface area contributed by atoms with E-state index in [0.29, 0.717) is 5.41 Å². The number of rotatable bonds is 5. The van der Waals surface area contributed by atoms with Crippen molar-refractivity contribution in [2.45, 2.75) is 33.2 Å². The molecule has 5 heteroatoms. The predicted molar refractivity (Wildman–Crippen MR) is 78.0 cm³/mol. The van der Waals surface area contributed by atoms with Crippen molar-refractivity contribution in [2.75, 3.05) is 20.1 Å². The first kappa shape index (κ1) is 13.9. The minimum atomic E-state index is 0.454. The third-order valence-electron chi connectivity index (χ3n) is 3.59. The van der Waals surface area contributed by atoms with Crippen molar-refractivity contribution in [3.05, 3.63) is 18.0 Å². The van der Waals surface area contributed by atoms with Crippen LogP contribution in [0.3, 0.4) is 0 Å². The molecule has 19 heavy (non-hydrogen) atoms. The van der Waals surface area contributed by atoms with Gasteiger partial charge in [0.1, 0.15) is 0 Å². The molecule has 0 amide bonds. The van der Waals surface area contributed by atoms with Crippen molar-refractivity contribution in [3.63, 3.8) is 0 Å². The first-order valence-electron chi connectivity index (χ1n) is 6.99. The van der Waals surface area contributed by atoms with Crippen LogP contribution < -0.4 is 5.32 Å². The second-order valence-electron chi connectivity index (χ2n) is 5.86. The zero-order valence-corrected chi connectivity index (χ0v) is 12.5. The summed E-state index contributed by atoms with van der Waals surface area (Å²) in [6.45, 7) is 7.06.